The van der Waals surface area contributed by atoms with Crippen LogP contribution in [0.3, 0.4) is 0 Å². The highest BCUT2D eigenvalue weighted by molar-refractivity contribution is 6.07. The number of aromatic nitrogens is 3. The number of fused-ring (bicyclic) bond motifs is 3. The fourth-order valence-corrected chi connectivity index (χ4v) is 4.96. The van der Waals surface area contributed by atoms with Crippen LogP contribution in [0.5, 0.6) is 0 Å². The molecule has 2 aromatic heterocycles. The summed E-state index contributed by atoms with van der Waals surface area (Å²) in [5.41, 5.74) is 2.45. The normalized spacial score (nSPS) is 18.8. The van der Waals surface area contributed by atoms with Gasteiger partial charge in [-0.1, -0.05) is 68.3 Å². The summed E-state index contributed by atoms with van der Waals surface area (Å²) in [5.74, 6) is 0.316. The predicted molar refractivity (Wildman–Crippen MR) is 127 cm³/mol. The first-order valence-corrected chi connectivity index (χ1v) is 11.4. The average molecular weight is 429 g/mol. The number of carbonyl (C=O) groups is 1. The molecule has 1 saturated carbocycles. The molecule has 164 valence electrons. The lowest BCUT2D eigenvalue weighted by Gasteiger charge is -2.29. The maximum absolute atomic E-state index is 13.5. The molecule has 6 nitrogen and oxygen atoms in total. The van der Waals surface area contributed by atoms with E-state index in [1.807, 2.05) is 47.0 Å². The molecule has 1 fully saturated rings. The number of nitrogens with one attached hydrogen (secondary N) is 1. The van der Waals surface area contributed by atoms with Gasteiger partial charge >= 0.3 is 0 Å². The van der Waals surface area contributed by atoms with Crippen LogP contribution >= 0.6 is 0 Å². The van der Waals surface area contributed by atoms with Crippen LogP contribution in [0.1, 0.15) is 38.2 Å². The van der Waals surface area contributed by atoms with Crippen LogP contribution < -0.4 is 10.9 Å². The van der Waals surface area contributed by atoms with E-state index in [2.05, 4.69) is 29.5 Å². The summed E-state index contributed by atoms with van der Waals surface area (Å²) in [6.07, 6.45) is 6.21. The second-order valence-corrected chi connectivity index (χ2v) is 8.89. The quantitative estimate of drug-likeness (QED) is 0.520. The molecule has 0 unspecified atom stereocenters. The summed E-state index contributed by atoms with van der Waals surface area (Å²) < 4.78 is 3.34. The molecule has 2 heterocycles. The van der Waals surface area contributed by atoms with Crippen LogP contribution in [-0.4, -0.2) is 26.3 Å². The molecule has 0 saturated heterocycles. The van der Waals surface area contributed by atoms with E-state index in [0.717, 1.165) is 41.1 Å². The molecule has 4 aromatic rings. The number of nitrogens with zero attached hydrogens (tertiary/aromatic N) is 3. The van der Waals surface area contributed by atoms with Crippen molar-refractivity contribution >= 4 is 27.7 Å². The molecule has 32 heavy (non-hydrogen) atoms. The van der Waals surface area contributed by atoms with Gasteiger partial charge in [0.2, 0.25) is 5.91 Å². The van der Waals surface area contributed by atoms with E-state index in [9.17, 15) is 9.59 Å². The van der Waals surface area contributed by atoms with Crippen molar-refractivity contribution < 1.29 is 4.79 Å². The maximum atomic E-state index is 13.5. The summed E-state index contributed by atoms with van der Waals surface area (Å²) in [4.78, 5) is 26.2. The number of hydrogen-bond acceptors (Lipinski definition) is 3. The summed E-state index contributed by atoms with van der Waals surface area (Å²) in [6.45, 7) is 2.70. The molecular weight excluding hydrogens is 400 g/mol. The minimum atomic E-state index is -0.235. The summed E-state index contributed by atoms with van der Waals surface area (Å²) in [7, 11) is 0. The van der Waals surface area contributed by atoms with Crippen LogP contribution in [-0.2, 0) is 17.9 Å². The Balaban J connectivity index is 1.52. The lowest BCUT2D eigenvalue weighted by atomic mass is 9.86. The fraction of sp³-hybridized carbons (Fsp3) is 0.346. The van der Waals surface area contributed by atoms with Crippen LogP contribution in [0.4, 0.5) is 0 Å². The van der Waals surface area contributed by atoms with Gasteiger partial charge in [0.15, 0.2) is 0 Å². The van der Waals surface area contributed by atoms with Gasteiger partial charge in [0, 0.05) is 28.9 Å². The van der Waals surface area contributed by atoms with Gasteiger partial charge in [-0.2, -0.15) is 5.10 Å². The number of rotatable bonds is 5. The first-order valence-electron chi connectivity index (χ1n) is 11.4. The molecule has 2 atom stereocenters. The zero-order valence-corrected chi connectivity index (χ0v) is 18.3. The highest BCUT2D eigenvalue weighted by Gasteiger charge is 2.23. The number of amides is 1. The lowest BCUT2D eigenvalue weighted by Crippen LogP contribution is -2.43. The van der Waals surface area contributed by atoms with E-state index >= 15 is 0 Å². The number of hydrogen-bond donors (Lipinski definition) is 1. The topological polar surface area (TPSA) is 68.9 Å². The molecule has 0 radical (unpaired) electrons. The van der Waals surface area contributed by atoms with Gasteiger partial charge in [-0.15, -0.1) is 0 Å². The summed E-state index contributed by atoms with van der Waals surface area (Å²) >= 11 is 0. The van der Waals surface area contributed by atoms with E-state index in [4.69, 9.17) is 0 Å². The SMILES string of the molecule is C[C@@H]1CCCC[C@H]1NC(=O)Cn1ncc2c3ccccc3n(Cc3ccccc3)c2c1=O. The Morgan fingerprint density at radius 1 is 1.03 bits per heavy atom. The van der Waals surface area contributed by atoms with Crippen molar-refractivity contribution in [3.63, 3.8) is 0 Å². The van der Waals surface area contributed by atoms with Gasteiger partial charge in [0.1, 0.15) is 12.1 Å². The monoisotopic (exact) mass is 428 g/mol. The van der Waals surface area contributed by atoms with Crippen molar-refractivity contribution in [1.29, 1.82) is 0 Å². The van der Waals surface area contributed by atoms with E-state index in [0.29, 0.717) is 18.0 Å². The molecule has 1 aliphatic carbocycles. The minimum absolute atomic E-state index is 0.0646. The second kappa shape index (κ2) is 8.61. The molecule has 5 rings (SSSR count). The Hall–Kier alpha value is -3.41. The van der Waals surface area contributed by atoms with Gasteiger partial charge in [-0.3, -0.25) is 9.59 Å². The molecule has 6 heteroatoms. The zero-order valence-electron chi connectivity index (χ0n) is 18.3. The molecule has 1 amide bonds. The van der Waals surface area contributed by atoms with Crippen LogP contribution in [0.15, 0.2) is 65.6 Å². The zero-order chi connectivity index (χ0) is 22.1. The first-order chi connectivity index (χ1) is 15.6. The Morgan fingerprint density at radius 2 is 1.78 bits per heavy atom. The van der Waals surface area contributed by atoms with Crippen LogP contribution in [0, 0.1) is 5.92 Å². The Morgan fingerprint density at radius 3 is 2.59 bits per heavy atom. The standard InChI is InChI=1S/C26H28N4O2/c1-18-9-5-7-13-22(18)28-24(31)17-30-26(32)25-21(15-27-30)20-12-6-8-14-23(20)29(25)16-19-10-3-2-4-11-19/h2-4,6,8,10-12,14-15,18,22H,5,7,9,13,16-17H2,1H3,(H,28,31)/t18-,22-/m1/s1. The van der Waals surface area contributed by atoms with Crippen molar-refractivity contribution in [2.24, 2.45) is 5.92 Å². The minimum Gasteiger partial charge on any atom is -0.351 e. The third-order valence-electron chi connectivity index (χ3n) is 6.71. The molecular formula is C26H28N4O2. The molecule has 1 N–H and O–H groups in total. The van der Waals surface area contributed by atoms with Gasteiger partial charge in [-0.25, -0.2) is 4.68 Å². The van der Waals surface area contributed by atoms with E-state index in [-0.39, 0.29) is 24.1 Å². The smallest absolute Gasteiger partial charge is 0.291 e. The van der Waals surface area contributed by atoms with Gasteiger partial charge < -0.3 is 9.88 Å². The van der Waals surface area contributed by atoms with Crippen LogP contribution in [0.2, 0.25) is 0 Å². The third kappa shape index (κ3) is 3.81. The first kappa shape index (κ1) is 20.5. The lowest BCUT2D eigenvalue weighted by molar-refractivity contribution is -0.123. The van der Waals surface area contributed by atoms with Gasteiger partial charge in [-0.05, 0) is 30.4 Å². The molecule has 2 aromatic carbocycles. The van der Waals surface area contributed by atoms with Crippen molar-refractivity contribution in [3.05, 3.63) is 76.7 Å². The molecule has 0 bridgehead atoms. The molecule has 0 spiro atoms. The van der Waals surface area contributed by atoms with Crippen molar-refractivity contribution in [3.8, 4) is 0 Å². The van der Waals surface area contributed by atoms with E-state index < -0.39 is 0 Å². The highest BCUT2D eigenvalue weighted by Crippen LogP contribution is 2.27. The third-order valence-corrected chi connectivity index (χ3v) is 6.71. The predicted octanol–water partition coefficient (Wildman–Crippen LogP) is 4.09. The average Bonchev–Trinajstić information content (AvgIpc) is 3.12. The highest BCUT2D eigenvalue weighted by atomic mass is 16.2. The summed E-state index contributed by atoms with van der Waals surface area (Å²) in [5, 5.41) is 9.30. The summed E-state index contributed by atoms with van der Waals surface area (Å²) in [6, 6.07) is 18.3. The number of carbonyl (C=O) groups excluding carboxylic acids is 1. The fourth-order valence-electron chi connectivity index (χ4n) is 4.96. The van der Waals surface area contributed by atoms with Crippen LogP contribution in [0.25, 0.3) is 21.8 Å². The Labute approximate surface area is 186 Å². The number of para-hydroxylation sites is 1. The Kier molecular flexibility index (Phi) is 5.52. The molecule has 1 aliphatic rings. The van der Waals surface area contributed by atoms with E-state index in [1.54, 1.807) is 6.20 Å². The Bertz CT molecular complexity index is 1320. The maximum Gasteiger partial charge on any atom is 0.291 e. The largest absolute Gasteiger partial charge is 0.351 e. The second-order valence-electron chi connectivity index (χ2n) is 8.89. The van der Waals surface area contributed by atoms with E-state index in [1.165, 1.54) is 11.1 Å². The van der Waals surface area contributed by atoms with Gasteiger partial charge in [0.05, 0.1) is 6.20 Å². The van der Waals surface area contributed by atoms with Gasteiger partial charge in [0.25, 0.3) is 5.56 Å². The van der Waals surface area contributed by atoms with Crippen molar-refractivity contribution in [2.75, 3.05) is 0 Å². The molecule has 0 aliphatic heterocycles. The van der Waals surface area contributed by atoms with Crippen molar-refractivity contribution in [2.45, 2.75) is 51.7 Å². The number of benzene rings is 2. The van der Waals surface area contributed by atoms with Crippen molar-refractivity contribution in [1.82, 2.24) is 19.7 Å².